The molecule has 0 aliphatic carbocycles. The second kappa shape index (κ2) is 8.84. The fourth-order valence-electron chi connectivity index (χ4n) is 1.35. The smallest absolute Gasteiger partial charge is 0.325 e. The molecule has 17 heavy (non-hydrogen) atoms. The number of aliphatic carboxylic acids is 1. The van der Waals surface area contributed by atoms with Gasteiger partial charge in [0.15, 0.2) is 0 Å². The summed E-state index contributed by atoms with van der Waals surface area (Å²) in [4.78, 5) is 24.2. The van der Waals surface area contributed by atoms with Crippen molar-refractivity contribution < 1.29 is 14.7 Å². The molecular formula is C12H24N2O3. The Morgan fingerprint density at radius 2 is 1.65 bits per heavy atom. The monoisotopic (exact) mass is 244 g/mol. The molecule has 0 unspecified atom stereocenters. The molecule has 100 valence electrons. The number of carboxylic acid groups (broad SMARTS) is 1. The Hall–Kier alpha value is -1.26. The maximum absolute atomic E-state index is 11.8. The number of amides is 2. The summed E-state index contributed by atoms with van der Waals surface area (Å²) in [7, 11) is 0. The lowest BCUT2D eigenvalue weighted by molar-refractivity contribution is -0.138. The van der Waals surface area contributed by atoms with E-state index in [0.29, 0.717) is 13.1 Å². The van der Waals surface area contributed by atoms with E-state index in [9.17, 15) is 9.59 Å². The van der Waals surface area contributed by atoms with E-state index in [1.807, 2.05) is 0 Å². The number of unbranched alkanes of at least 4 members (excludes halogenated alkanes) is 2. The number of hydrogen-bond acceptors (Lipinski definition) is 2. The lowest BCUT2D eigenvalue weighted by Crippen LogP contribution is -2.47. The summed E-state index contributed by atoms with van der Waals surface area (Å²) in [6.45, 7) is 6.98. The molecular weight excluding hydrogens is 220 g/mol. The predicted molar refractivity (Wildman–Crippen MR) is 67.0 cm³/mol. The minimum atomic E-state index is -1.01. The third-order valence-corrected chi connectivity index (χ3v) is 2.56. The largest absolute Gasteiger partial charge is 0.480 e. The number of carbonyl (C=O) groups is 2. The van der Waals surface area contributed by atoms with E-state index in [1.165, 1.54) is 6.92 Å². The van der Waals surface area contributed by atoms with Crippen LogP contribution < -0.4 is 5.32 Å². The lowest BCUT2D eigenvalue weighted by Gasteiger charge is -2.24. The van der Waals surface area contributed by atoms with Crippen LogP contribution in [0.25, 0.3) is 0 Å². The van der Waals surface area contributed by atoms with E-state index in [4.69, 9.17) is 5.11 Å². The van der Waals surface area contributed by atoms with Crippen LogP contribution in [-0.2, 0) is 4.79 Å². The zero-order chi connectivity index (χ0) is 13.3. The molecule has 0 fully saturated rings. The summed E-state index contributed by atoms with van der Waals surface area (Å²) < 4.78 is 0. The van der Waals surface area contributed by atoms with Crippen LogP contribution in [0.2, 0.25) is 0 Å². The number of carbonyl (C=O) groups excluding carboxylic acids is 1. The number of rotatable bonds is 8. The van der Waals surface area contributed by atoms with Crippen molar-refractivity contribution >= 4 is 12.0 Å². The molecule has 2 amide bonds. The Labute approximate surface area is 103 Å². The van der Waals surface area contributed by atoms with Crippen LogP contribution in [0.1, 0.15) is 46.5 Å². The Kier molecular flexibility index (Phi) is 8.19. The molecule has 0 radical (unpaired) electrons. The average Bonchev–Trinajstić information content (AvgIpc) is 2.28. The van der Waals surface area contributed by atoms with Gasteiger partial charge in [0.1, 0.15) is 6.04 Å². The van der Waals surface area contributed by atoms with Crippen LogP contribution in [0.4, 0.5) is 4.79 Å². The molecule has 0 aromatic heterocycles. The van der Waals surface area contributed by atoms with Gasteiger partial charge < -0.3 is 15.3 Å². The summed E-state index contributed by atoms with van der Waals surface area (Å²) >= 11 is 0. The summed E-state index contributed by atoms with van der Waals surface area (Å²) in [6, 6.07) is -1.12. The van der Waals surface area contributed by atoms with Gasteiger partial charge in [-0.05, 0) is 19.8 Å². The Bertz CT molecular complexity index is 236. The number of urea groups is 1. The Balaban J connectivity index is 4.24. The van der Waals surface area contributed by atoms with Crippen molar-refractivity contribution in [1.82, 2.24) is 10.2 Å². The predicted octanol–water partition coefficient (Wildman–Crippen LogP) is 2.07. The maximum atomic E-state index is 11.8. The number of hydrogen-bond donors (Lipinski definition) is 2. The van der Waals surface area contributed by atoms with Crippen LogP contribution in [0.3, 0.4) is 0 Å². The highest BCUT2D eigenvalue weighted by molar-refractivity contribution is 5.82. The van der Waals surface area contributed by atoms with Gasteiger partial charge >= 0.3 is 12.0 Å². The van der Waals surface area contributed by atoms with Gasteiger partial charge in [0.25, 0.3) is 0 Å². The summed E-state index contributed by atoms with van der Waals surface area (Å²) in [5.74, 6) is -1.01. The average molecular weight is 244 g/mol. The van der Waals surface area contributed by atoms with Crippen molar-refractivity contribution in [2.75, 3.05) is 13.1 Å². The van der Waals surface area contributed by atoms with Crippen molar-refractivity contribution in [3.8, 4) is 0 Å². The third kappa shape index (κ3) is 6.81. The SMILES string of the molecule is CCCCN(CCCC)C(=O)N[C@H](C)C(=O)O. The van der Waals surface area contributed by atoms with E-state index < -0.39 is 12.0 Å². The van der Waals surface area contributed by atoms with Gasteiger partial charge in [-0.2, -0.15) is 0 Å². The van der Waals surface area contributed by atoms with Crippen LogP contribution in [-0.4, -0.2) is 41.1 Å². The molecule has 5 heteroatoms. The first kappa shape index (κ1) is 15.7. The molecule has 2 N–H and O–H groups in total. The molecule has 5 nitrogen and oxygen atoms in total. The molecule has 0 saturated heterocycles. The molecule has 1 atom stereocenters. The first-order valence-corrected chi connectivity index (χ1v) is 6.31. The van der Waals surface area contributed by atoms with Gasteiger partial charge in [-0.1, -0.05) is 26.7 Å². The summed E-state index contributed by atoms with van der Waals surface area (Å²) in [5, 5.41) is 11.2. The highest BCUT2D eigenvalue weighted by Crippen LogP contribution is 2.00. The lowest BCUT2D eigenvalue weighted by atomic mass is 10.2. The minimum Gasteiger partial charge on any atom is -0.480 e. The first-order chi connectivity index (χ1) is 8.02. The third-order valence-electron chi connectivity index (χ3n) is 2.56. The molecule has 0 aromatic rings. The zero-order valence-corrected chi connectivity index (χ0v) is 11.0. The van der Waals surface area contributed by atoms with E-state index >= 15 is 0 Å². The highest BCUT2D eigenvalue weighted by Gasteiger charge is 2.18. The van der Waals surface area contributed by atoms with Gasteiger partial charge in [0, 0.05) is 13.1 Å². The molecule has 0 aliphatic rings. The van der Waals surface area contributed by atoms with E-state index in [0.717, 1.165) is 25.7 Å². The normalized spacial score (nSPS) is 11.9. The number of nitrogens with one attached hydrogen (secondary N) is 1. The summed E-state index contributed by atoms with van der Waals surface area (Å²) in [5.41, 5.74) is 0. The van der Waals surface area contributed by atoms with Gasteiger partial charge in [-0.3, -0.25) is 4.79 Å². The molecule has 0 aromatic carbocycles. The topological polar surface area (TPSA) is 69.6 Å². The first-order valence-electron chi connectivity index (χ1n) is 6.31. The minimum absolute atomic E-state index is 0.276. The van der Waals surface area contributed by atoms with Gasteiger partial charge in [-0.25, -0.2) is 4.79 Å². The van der Waals surface area contributed by atoms with Crippen LogP contribution in [0.5, 0.6) is 0 Å². The van der Waals surface area contributed by atoms with Crippen molar-refractivity contribution in [1.29, 1.82) is 0 Å². The Morgan fingerprint density at radius 3 is 2.00 bits per heavy atom. The standard InChI is InChI=1S/C12H24N2O3/c1-4-6-8-14(9-7-5-2)12(17)13-10(3)11(15)16/h10H,4-9H2,1-3H3,(H,13,17)(H,15,16)/t10-/m1/s1. The fourth-order valence-corrected chi connectivity index (χ4v) is 1.35. The van der Waals surface area contributed by atoms with Crippen molar-refractivity contribution in [2.24, 2.45) is 0 Å². The van der Waals surface area contributed by atoms with Gasteiger partial charge in [-0.15, -0.1) is 0 Å². The number of nitrogens with zero attached hydrogens (tertiary/aromatic N) is 1. The second-order valence-corrected chi connectivity index (χ2v) is 4.20. The van der Waals surface area contributed by atoms with Crippen molar-refractivity contribution in [2.45, 2.75) is 52.5 Å². The Morgan fingerprint density at radius 1 is 1.18 bits per heavy atom. The molecule has 0 heterocycles. The zero-order valence-electron chi connectivity index (χ0n) is 11.0. The highest BCUT2D eigenvalue weighted by atomic mass is 16.4. The van der Waals surface area contributed by atoms with E-state index in [-0.39, 0.29) is 6.03 Å². The van der Waals surface area contributed by atoms with Crippen LogP contribution >= 0.6 is 0 Å². The van der Waals surface area contributed by atoms with Gasteiger partial charge in [0.05, 0.1) is 0 Å². The quantitative estimate of drug-likeness (QED) is 0.686. The number of carboxylic acids is 1. The molecule has 0 bridgehead atoms. The molecule has 0 aliphatic heterocycles. The van der Waals surface area contributed by atoms with Crippen molar-refractivity contribution in [3.63, 3.8) is 0 Å². The fraction of sp³-hybridized carbons (Fsp3) is 0.833. The molecule has 0 saturated carbocycles. The molecule has 0 spiro atoms. The van der Waals surface area contributed by atoms with Gasteiger partial charge in [0.2, 0.25) is 0 Å². The second-order valence-electron chi connectivity index (χ2n) is 4.20. The summed E-state index contributed by atoms with van der Waals surface area (Å²) in [6.07, 6.45) is 3.92. The van der Waals surface area contributed by atoms with Crippen molar-refractivity contribution in [3.05, 3.63) is 0 Å². The maximum Gasteiger partial charge on any atom is 0.325 e. The van der Waals surface area contributed by atoms with Crippen LogP contribution in [0, 0.1) is 0 Å². The van der Waals surface area contributed by atoms with Crippen LogP contribution in [0.15, 0.2) is 0 Å². The van der Waals surface area contributed by atoms with E-state index in [1.54, 1.807) is 4.90 Å². The van der Waals surface area contributed by atoms with E-state index in [2.05, 4.69) is 19.2 Å². The molecule has 0 rings (SSSR count).